The third kappa shape index (κ3) is 2.54. The number of rotatable bonds is 4. The lowest BCUT2D eigenvalue weighted by atomic mass is 9.88. The molecule has 0 aliphatic heterocycles. The molecule has 0 amide bonds. The summed E-state index contributed by atoms with van der Waals surface area (Å²) in [6.07, 6.45) is 5.41. The van der Waals surface area contributed by atoms with E-state index in [-0.39, 0.29) is 0 Å². The zero-order valence-electron chi connectivity index (χ0n) is 12.0. The molecule has 0 bridgehead atoms. The molecule has 100 valence electrons. The van der Waals surface area contributed by atoms with E-state index in [0.29, 0.717) is 6.04 Å². The zero-order valence-corrected chi connectivity index (χ0v) is 12.0. The SMILES string of the molecule is CNC(c1c(C)cc(C)cc1OC)C1CCCC1. The van der Waals surface area contributed by atoms with E-state index in [1.54, 1.807) is 7.11 Å². The molecule has 1 N–H and O–H groups in total. The maximum Gasteiger partial charge on any atom is 0.124 e. The molecule has 1 aliphatic carbocycles. The van der Waals surface area contributed by atoms with Crippen molar-refractivity contribution in [1.82, 2.24) is 5.32 Å². The van der Waals surface area contributed by atoms with Crippen molar-refractivity contribution in [1.29, 1.82) is 0 Å². The molecule has 1 saturated carbocycles. The fourth-order valence-electron chi connectivity index (χ4n) is 3.41. The van der Waals surface area contributed by atoms with Crippen molar-refractivity contribution in [3.8, 4) is 5.75 Å². The Labute approximate surface area is 111 Å². The van der Waals surface area contributed by atoms with Crippen molar-refractivity contribution in [2.24, 2.45) is 5.92 Å². The first-order valence-electron chi connectivity index (χ1n) is 6.99. The molecule has 1 fully saturated rings. The van der Waals surface area contributed by atoms with Crippen molar-refractivity contribution >= 4 is 0 Å². The average Bonchev–Trinajstić information content (AvgIpc) is 2.85. The maximum absolute atomic E-state index is 5.61. The molecule has 2 heteroatoms. The number of hydrogen-bond donors (Lipinski definition) is 1. The van der Waals surface area contributed by atoms with Crippen LogP contribution < -0.4 is 10.1 Å². The predicted molar refractivity (Wildman–Crippen MR) is 76.2 cm³/mol. The van der Waals surface area contributed by atoms with Gasteiger partial charge >= 0.3 is 0 Å². The van der Waals surface area contributed by atoms with Crippen LogP contribution in [0, 0.1) is 19.8 Å². The largest absolute Gasteiger partial charge is 0.496 e. The topological polar surface area (TPSA) is 21.3 Å². The highest BCUT2D eigenvalue weighted by atomic mass is 16.5. The van der Waals surface area contributed by atoms with Crippen LogP contribution in [0.1, 0.15) is 48.4 Å². The van der Waals surface area contributed by atoms with Gasteiger partial charge < -0.3 is 10.1 Å². The Bertz CT molecular complexity index is 408. The van der Waals surface area contributed by atoms with Gasteiger partial charge in [-0.25, -0.2) is 0 Å². The van der Waals surface area contributed by atoms with Gasteiger partial charge in [-0.15, -0.1) is 0 Å². The Kier molecular flexibility index (Phi) is 4.28. The van der Waals surface area contributed by atoms with E-state index in [2.05, 4.69) is 38.3 Å². The van der Waals surface area contributed by atoms with Gasteiger partial charge in [0.15, 0.2) is 0 Å². The normalized spacial score (nSPS) is 18.0. The summed E-state index contributed by atoms with van der Waals surface area (Å²) in [5, 5.41) is 3.52. The molecule has 1 aromatic rings. The summed E-state index contributed by atoms with van der Waals surface area (Å²) in [6.45, 7) is 4.33. The number of hydrogen-bond acceptors (Lipinski definition) is 2. The van der Waals surface area contributed by atoms with E-state index >= 15 is 0 Å². The summed E-state index contributed by atoms with van der Waals surface area (Å²) in [4.78, 5) is 0. The van der Waals surface area contributed by atoms with Gasteiger partial charge in [0.1, 0.15) is 5.75 Å². The molecular formula is C16H25NO. The summed E-state index contributed by atoms with van der Waals surface area (Å²) in [5.74, 6) is 1.80. The summed E-state index contributed by atoms with van der Waals surface area (Å²) in [6, 6.07) is 4.85. The van der Waals surface area contributed by atoms with Crippen LogP contribution >= 0.6 is 0 Å². The van der Waals surface area contributed by atoms with Crippen LogP contribution in [-0.2, 0) is 0 Å². The van der Waals surface area contributed by atoms with E-state index in [1.165, 1.54) is 42.4 Å². The zero-order chi connectivity index (χ0) is 13.1. The third-order valence-corrected chi connectivity index (χ3v) is 4.21. The third-order valence-electron chi connectivity index (χ3n) is 4.21. The summed E-state index contributed by atoms with van der Waals surface area (Å²) >= 11 is 0. The highest BCUT2D eigenvalue weighted by Crippen LogP contribution is 2.40. The molecular weight excluding hydrogens is 222 g/mol. The van der Waals surface area contributed by atoms with E-state index in [1.807, 2.05) is 0 Å². The molecule has 18 heavy (non-hydrogen) atoms. The first-order valence-corrected chi connectivity index (χ1v) is 6.99. The van der Waals surface area contributed by atoms with Gasteiger partial charge in [0.05, 0.1) is 7.11 Å². The lowest BCUT2D eigenvalue weighted by molar-refractivity contribution is 0.358. The predicted octanol–water partition coefficient (Wildman–Crippen LogP) is 3.76. The van der Waals surface area contributed by atoms with E-state index < -0.39 is 0 Å². The average molecular weight is 247 g/mol. The van der Waals surface area contributed by atoms with Gasteiger partial charge in [-0.05, 0) is 56.8 Å². The fraction of sp³-hybridized carbons (Fsp3) is 0.625. The highest BCUT2D eigenvalue weighted by Gasteiger charge is 2.28. The quantitative estimate of drug-likeness (QED) is 0.874. The number of aryl methyl sites for hydroxylation is 2. The maximum atomic E-state index is 5.61. The lowest BCUT2D eigenvalue weighted by Gasteiger charge is -2.27. The van der Waals surface area contributed by atoms with Crippen molar-refractivity contribution in [2.45, 2.75) is 45.6 Å². The van der Waals surface area contributed by atoms with Crippen molar-refractivity contribution in [3.63, 3.8) is 0 Å². The smallest absolute Gasteiger partial charge is 0.124 e. The summed E-state index contributed by atoms with van der Waals surface area (Å²) < 4.78 is 5.61. The van der Waals surface area contributed by atoms with Crippen molar-refractivity contribution in [2.75, 3.05) is 14.2 Å². The number of ether oxygens (including phenoxy) is 1. The minimum atomic E-state index is 0.433. The van der Waals surface area contributed by atoms with Gasteiger partial charge in [0.2, 0.25) is 0 Å². The molecule has 2 rings (SSSR count). The molecule has 0 spiro atoms. The van der Waals surface area contributed by atoms with Crippen LogP contribution in [0.4, 0.5) is 0 Å². The van der Waals surface area contributed by atoms with Crippen LogP contribution in [0.15, 0.2) is 12.1 Å². The van der Waals surface area contributed by atoms with E-state index in [9.17, 15) is 0 Å². The Hall–Kier alpha value is -1.02. The number of nitrogens with one attached hydrogen (secondary N) is 1. The minimum absolute atomic E-state index is 0.433. The first-order chi connectivity index (χ1) is 8.67. The van der Waals surface area contributed by atoms with Gasteiger partial charge in [-0.3, -0.25) is 0 Å². The second kappa shape index (κ2) is 5.75. The molecule has 1 aliphatic rings. The highest BCUT2D eigenvalue weighted by molar-refractivity contribution is 5.45. The fourth-order valence-corrected chi connectivity index (χ4v) is 3.41. The van der Waals surface area contributed by atoms with Crippen molar-refractivity contribution in [3.05, 3.63) is 28.8 Å². The molecule has 1 unspecified atom stereocenters. The van der Waals surface area contributed by atoms with E-state index in [0.717, 1.165) is 11.7 Å². The first kappa shape index (κ1) is 13.4. The summed E-state index contributed by atoms with van der Waals surface area (Å²) in [5.41, 5.74) is 3.98. The van der Waals surface area contributed by atoms with Crippen LogP contribution in [0.2, 0.25) is 0 Å². The molecule has 0 saturated heterocycles. The van der Waals surface area contributed by atoms with Crippen LogP contribution in [0.5, 0.6) is 5.75 Å². The second-order valence-electron chi connectivity index (χ2n) is 5.51. The molecule has 0 radical (unpaired) electrons. The van der Waals surface area contributed by atoms with Gasteiger partial charge in [-0.2, -0.15) is 0 Å². The standard InChI is InChI=1S/C16H25NO/c1-11-9-12(2)15(14(10-11)18-4)16(17-3)13-7-5-6-8-13/h9-10,13,16-17H,5-8H2,1-4H3. The van der Waals surface area contributed by atoms with Gasteiger partial charge in [-0.1, -0.05) is 18.9 Å². The Morgan fingerprint density at radius 3 is 2.44 bits per heavy atom. The number of methoxy groups -OCH3 is 1. The molecule has 1 atom stereocenters. The monoisotopic (exact) mass is 247 g/mol. The van der Waals surface area contributed by atoms with Crippen LogP contribution in [0.25, 0.3) is 0 Å². The molecule has 0 heterocycles. The minimum Gasteiger partial charge on any atom is -0.496 e. The Balaban J connectivity index is 2.40. The van der Waals surface area contributed by atoms with Gasteiger partial charge in [0.25, 0.3) is 0 Å². The number of benzene rings is 1. The Morgan fingerprint density at radius 2 is 1.89 bits per heavy atom. The van der Waals surface area contributed by atoms with Crippen molar-refractivity contribution < 1.29 is 4.74 Å². The summed E-state index contributed by atoms with van der Waals surface area (Å²) in [7, 11) is 3.85. The Morgan fingerprint density at radius 1 is 1.22 bits per heavy atom. The van der Waals surface area contributed by atoms with Crippen LogP contribution in [0.3, 0.4) is 0 Å². The van der Waals surface area contributed by atoms with E-state index in [4.69, 9.17) is 4.74 Å². The molecule has 2 nitrogen and oxygen atoms in total. The lowest BCUT2D eigenvalue weighted by Crippen LogP contribution is -2.25. The van der Waals surface area contributed by atoms with Crippen LogP contribution in [-0.4, -0.2) is 14.2 Å². The molecule has 1 aromatic carbocycles. The molecule has 0 aromatic heterocycles. The second-order valence-corrected chi connectivity index (χ2v) is 5.51. The van der Waals surface area contributed by atoms with Gasteiger partial charge in [0, 0.05) is 11.6 Å².